The minimum Gasteiger partial charge on any atom is -0.444 e. The van der Waals surface area contributed by atoms with Crippen molar-refractivity contribution in [2.45, 2.75) is 32.6 Å². The fourth-order valence-electron chi connectivity index (χ4n) is 3.07. The van der Waals surface area contributed by atoms with E-state index in [4.69, 9.17) is 15.2 Å². The SMILES string of the molecule is CC(=O)[C@@H]1Oc2cc3c(cc2O1)C(c1ccc(N)cc1)=NNC(C)C3. The summed E-state index contributed by atoms with van der Waals surface area (Å²) in [7, 11) is 0. The van der Waals surface area contributed by atoms with Gasteiger partial charge < -0.3 is 20.6 Å². The molecular formula is C19H19N3O3. The lowest BCUT2D eigenvalue weighted by molar-refractivity contribution is -0.132. The predicted octanol–water partition coefficient (Wildman–Crippen LogP) is 2.24. The molecule has 0 aliphatic carbocycles. The molecule has 0 amide bonds. The molecule has 2 aliphatic rings. The van der Waals surface area contributed by atoms with Crippen LogP contribution in [0.1, 0.15) is 30.5 Å². The summed E-state index contributed by atoms with van der Waals surface area (Å²) in [6.07, 6.45) is -0.0768. The maximum atomic E-state index is 11.6. The number of nitrogens with one attached hydrogen (secondary N) is 1. The second-order valence-corrected chi connectivity index (χ2v) is 6.45. The highest BCUT2D eigenvalue weighted by atomic mass is 16.7. The van der Waals surface area contributed by atoms with Crippen LogP contribution in [-0.2, 0) is 11.2 Å². The number of nitrogens with two attached hydrogens (primary N) is 1. The Morgan fingerprint density at radius 1 is 1.20 bits per heavy atom. The van der Waals surface area contributed by atoms with Crippen molar-refractivity contribution in [2.75, 3.05) is 5.73 Å². The summed E-state index contributed by atoms with van der Waals surface area (Å²) in [4.78, 5) is 11.6. The average molecular weight is 337 g/mol. The molecule has 2 heterocycles. The van der Waals surface area contributed by atoms with Crippen molar-refractivity contribution in [3.8, 4) is 11.5 Å². The number of rotatable bonds is 2. The number of ketones is 1. The van der Waals surface area contributed by atoms with E-state index in [1.807, 2.05) is 36.4 Å². The minimum absolute atomic E-state index is 0.158. The van der Waals surface area contributed by atoms with Crippen molar-refractivity contribution in [3.63, 3.8) is 0 Å². The number of fused-ring (bicyclic) bond motifs is 2. The number of hydrogen-bond acceptors (Lipinski definition) is 6. The van der Waals surface area contributed by atoms with E-state index in [0.717, 1.165) is 28.8 Å². The van der Waals surface area contributed by atoms with E-state index in [9.17, 15) is 4.79 Å². The van der Waals surface area contributed by atoms with Gasteiger partial charge in [-0.05, 0) is 43.2 Å². The summed E-state index contributed by atoms with van der Waals surface area (Å²) in [6.45, 7) is 3.52. The van der Waals surface area contributed by atoms with Crippen LogP contribution in [0.25, 0.3) is 0 Å². The second-order valence-electron chi connectivity index (χ2n) is 6.45. The molecule has 4 rings (SSSR count). The first-order chi connectivity index (χ1) is 12.0. The van der Waals surface area contributed by atoms with Crippen LogP contribution in [0.4, 0.5) is 5.69 Å². The van der Waals surface area contributed by atoms with Gasteiger partial charge in [-0.2, -0.15) is 5.10 Å². The third-order valence-electron chi connectivity index (χ3n) is 4.33. The Bertz CT molecular complexity index is 874. The number of nitrogen functional groups attached to an aromatic ring is 1. The Morgan fingerprint density at radius 3 is 2.56 bits per heavy atom. The van der Waals surface area contributed by atoms with E-state index < -0.39 is 6.29 Å². The van der Waals surface area contributed by atoms with E-state index >= 15 is 0 Å². The molecule has 1 unspecified atom stereocenters. The lowest BCUT2D eigenvalue weighted by atomic mass is 9.94. The monoisotopic (exact) mass is 337 g/mol. The molecule has 2 atom stereocenters. The van der Waals surface area contributed by atoms with Gasteiger partial charge in [0.05, 0.1) is 5.71 Å². The zero-order valence-electron chi connectivity index (χ0n) is 14.1. The second kappa shape index (κ2) is 5.81. The standard InChI is InChI=1S/C19H19N3O3/c1-10-7-13-8-16-17(25-19(24-16)11(2)23)9-15(13)18(22-21-10)12-3-5-14(20)6-4-12/h3-6,8-10,19,21H,7,20H2,1-2H3/t10?,19-/m1/s1. The van der Waals surface area contributed by atoms with Crippen LogP contribution in [0, 0.1) is 0 Å². The zero-order chi connectivity index (χ0) is 17.6. The van der Waals surface area contributed by atoms with Gasteiger partial charge in [0.15, 0.2) is 11.5 Å². The first kappa shape index (κ1) is 15.5. The minimum atomic E-state index is -0.867. The molecule has 2 aromatic rings. The molecule has 0 spiro atoms. The quantitative estimate of drug-likeness (QED) is 0.821. The van der Waals surface area contributed by atoms with Crippen molar-refractivity contribution in [1.29, 1.82) is 0 Å². The van der Waals surface area contributed by atoms with Gasteiger partial charge in [0.25, 0.3) is 0 Å². The number of hydrogen-bond donors (Lipinski definition) is 2. The van der Waals surface area contributed by atoms with Gasteiger partial charge >= 0.3 is 6.29 Å². The Labute approximate surface area is 145 Å². The van der Waals surface area contributed by atoms with Gasteiger partial charge in [-0.15, -0.1) is 0 Å². The number of anilines is 1. The molecular weight excluding hydrogens is 318 g/mol. The molecule has 25 heavy (non-hydrogen) atoms. The Kier molecular flexibility index (Phi) is 3.60. The van der Waals surface area contributed by atoms with Crippen LogP contribution >= 0.6 is 0 Å². The van der Waals surface area contributed by atoms with Gasteiger partial charge in [-0.3, -0.25) is 4.79 Å². The summed E-state index contributed by atoms with van der Waals surface area (Å²) in [5.74, 6) is 1.01. The summed E-state index contributed by atoms with van der Waals surface area (Å²) in [5.41, 5.74) is 13.5. The normalized spacial score (nSPS) is 21.0. The number of nitrogens with zero attached hydrogens (tertiary/aromatic N) is 1. The smallest absolute Gasteiger partial charge is 0.300 e. The first-order valence-electron chi connectivity index (χ1n) is 8.21. The molecule has 0 bridgehead atoms. The zero-order valence-corrected chi connectivity index (χ0v) is 14.1. The fourth-order valence-corrected chi connectivity index (χ4v) is 3.07. The molecule has 6 heteroatoms. The van der Waals surface area contributed by atoms with Crippen LogP contribution in [0.2, 0.25) is 0 Å². The third-order valence-corrected chi connectivity index (χ3v) is 4.33. The van der Waals surface area contributed by atoms with Gasteiger partial charge in [-0.1, -0.05) is 12.1 Å². The van der Waals surface area contributed by atoms with Crippen LogP contribution in [0.3, 0.4) is 0 Å². The van der Waals surface area contributed by atoms with E-state index in [1.54, 1.807) is 0 Å². The number of carbonyl (C=O) groups is 1. The number of ether oxygens (including phenoxy) is 2. The predicted molar refractivity (Wildman–Crippen MR) is 95.0 cm³/mol. The number of carbonyl (C=O) groups excluding carboxylic acids is 1. The summed E-state index contributed by atoms with van der Waals surface area (Å²) in [5, 5.41) is 4.59. The highest BCUT2D eigenvalue weighted by molar-refractivity contribution is 6.14. The topological polar surface area (TPSA) is 85.9 Å². The van der Waals surface area contributed by atoms with Gasteiger partial charge in [0.2, 0.25) is 5.78 Å². The van der Waals surface area contributed by atoms with E-state index in [1.165, 1.54) is 6.92 Å². The Balaban J connectivity index is 1.81. The largest absolute Gasteiger partial charge is 0.444 e. The van der Waals surface area contributed by atoms with Crippen molar-refractivity contribution < 1.29 is 14.3 Å². The van der Waals surface area contributed by atoms with Crippen LogP contribution in [0.5, 0.6) is 11.5 Å². The Hall–Kier alpha value is -3.02. The Morgan fingerprint density at radius 2 is 1.88 bits per heavy atom. The molecule has 0 fully saturated rings. The van der Waals surface area contributed by atoms with E-state index in [-0.39, 0.29) is 11.8 Å². The molecule has 2 aromatic carbocycles. The highest BCUT2D eigenvalue weighted by Crippen LogP contribution is 2.39. The van der Waals surface area contributed by atoms with Crippen molar-refractivity contribution in [1.82, 2.24) is 5.43 Å². The first-order valence-corrected chi connectivity index (χ1v) is 8.21. The third kappa shape index (κ3) is 2.80. The van der Waals surface area contributed by atoms with E-state index in [2.05, 4.69) is 17.5 Å². The van der Waals surface area contributed by atoms with E-state index in [0.29, 0.717) is 17.2 Å². The maximum absolute atomic E-state index is 11.6. The van der Waals surface area contributed by atoms with Crippen LogP contribution in [-0.4, -0.2) is 23.8 Å². The lowest BCUT2D eigenvalue weighted by Gasteiger charge is -2.11. The van der Waals surface area contributed by atoms with Gasteiger partial charge in [-0.25, -0.2) is 0 Å². The number of Topliss-reactive ketones (excluding diaryl/α,β-unsaturated/α-hetero) is 1. The molecule has 3 N–H and O–H groups in total. The molecule has 0 radical (unpaired) electrons. The molecule has 128 valence electrons. The maximum Gasteiger partial charge on any atom is 0.300 e. The summed E-state index contributed by atoms with van der Waals surface area (Å²) >= 11 is 0. The van der Waals surface area contributed by atoms with Crippen LogP contribution < -0.4 is 20.6 Å². The van der Waals surface area contributed by atoms with Crippen molar-refractivity contribution in [2.24, 2.45) is 5.10 Å². The lowest BCUT2D eigenvalue weighted by Crippen LogP contribution is -2.26. The van der Waals surface area contributed by atoms with Crippen LogP contribution in [0.15, 0.2) is 41.5 Å². The number of benzene rings is 2. The molecule has 0 saturated carbocycles. The van der Waals surface area contributed by atoms with Crippen molar-refractivity contribution in [3.05, 3.63) is 53.1 Å². The highest BCUT2D eigenvalue weighted by Gasteiger charge is 2.31. The number of hydrazone groups is 1. The molecule has 0 aromatic heterocycles. The average Bonchev–Trinajstić information content (AvgIpc) is 2.92. The van der Waals surface area contributed by atoms with Crippen molar-refractivity contribution >= 4 is 17.2 Å². The van der Waals surface area contributed by atoms with Gasteiger partial charge in [0, 0.05) is 29.8 Å². The summed E-state index contributed by atoms with van der Waals surface area (Å²) in [6, 6.07) is 11.6. The molecule has 2 aliphatic heterocycles. The molecule has 6 nitrogen and oxygen atoms in total. The summed E-state index contributed by atoms with van der Waals surface area (Å²) < 4.78 is 11.3. The fraction of sp³-hybridized carbons (Fsp3) is 0.263. The van der Waals surface area contributed by atoms with Gasteiger partial charge in [0.1, 0.15) is 0 Å². The molecule has 0 saturated heterocycles.